The van der Waals surface area contributed by atoms with Crippen molar-refractivity contribution in [3.63, 3.8) is 0 Å². The highest BCUT2D eigenvalue weighted by Gasteiger charge is 2.22. The highest BCUT2D eigenvalue weighted by Crippen LogP contribution is 2.40. The number of fused-ring (bicyclic) bond motifs is 2. The molecule has 1 unspecified atom stereocenters. The number of carbonyl (C=O) groups is 1. The zero-order valence-corrected chi connectivity index (χ0v) is 15.3. The lowest BCUT2D eigenvalue weighted by Gasteiger charge is -2.22. The fourth-order valence-corrected chi connectivity index (χ4v) is 3.39. The van der Waals surface area contributed by atoms with Gasteiger partial charge in [-0.05, 0) is 35.4 Å². The van der Waals surface area contributed by atoms with Gasteiger partial charge >= 0.3 is 0 Å². The molecule has 1 N–H and O–H groups in total. The zero-order chi connectivity index (χ0) is 18.8. The Kier molecular flexibility index (Phi) is 4.59. The number of hydrogen-bond donors (Lipinski definition) is 1. The topological polar surface area (TPSA) is 56.8 Å². The lowest BCUT2D eigenvalue weighted by atomic mass is 9.99. The average molecular weight is 363 g/mol. The molecule has 0 saturated carbocycles. The predicted octanol–water partition coefficient (Wildman–Crippen LogP) is 4.11. The molecule has 5 heteroatoms. The van der Waals surface area contributed by atoms with Crippen LogP contribution in [-0.2, 0) is 0 Å². The molecule has 3 aromatic rings. The van der Waals surface area contributed by atoms with Crippen molar-refractivity contribution in [3.05, 3.63) is 65.7 Å². The fraction of sp³-hybridized carbons (Fsp3) is 0.227. The first-order valence-corrected chi connectivity index (χ1v) is 8.93. The second-order valence-electron chi connectivity index (χ2n) is 6.47. The van der Waals surface area contributed by atoms with E-state index in [1.165, 1.54) is 0 Å². The zero-order valence-electron chi connectivity index (χ0n) is 15.3. The molecule has 1 aliphatic rings. The summed E-state index contributed by atoms with van der Waals surface area (Å²) in [4.78, 5) is 12.9. The Hall–Kier alpha value is -3.21. The van der Waals surface area contributed by atoms with Gasteiger partial charge in [0, 0.05) is 5.56 Å². The molecule has 0 radical (unpaired) electrons. The molecule has 27 heavy (non-hydrogen) atoms. The second kappa shape index (κ2) is 7.19. The predicted molar refractivity (Wildman–Crippen MR) is 104 cm³/mol. The van der Waals surface area contributed by atoms with Gasteiger partial charge in [-0.15, -0.1) is 0 Å². The molecule has 0 aromatic heterocycles. The van der Waals surface area contributed by atoms with E-state index in [1.807, 2.05) is 31.2 Å². The Labute approximate surface area is 157 Å². The summed E-state index contributed by atoms with van der Waals surface area (Å²) in [7, 11) is 1.55. The van der Waals surface area contributed by atoms with Crippen molar-refractivity contribution in [1.82, 2.24) is 5.32 Å². The normalized spacial score (nSPS) is 13.9. The standard InChI is InChI=1S/C22H21NO4/c1-14(17-9-5-7-15-6-3-4-8-18(15)17)23-22(24)16-12-19(25-2)21-20(13-16)26-10-11-27-21/h3-9,12-14H,10-11H2,1-2H3,(H,23,24). The summed E-state index contributed by atoms with van der Waals surface area (Å²) in [5.74, 6) is 1.38. The Morgan fingerprint density at radius 3 is 2.70 bits per heavy atom. The summed E-state index contributed by atoms with van der Waals surface area (Å²) in [6.07, 6.45) is 0. The van der Waals surface area contributed by atoms with Gasteiger partial charge in [-0.25, -0.2) is 0 Å². The van der Waals surface area contributed by atoms with Crippen molar-refractivity contribution < 1.29 is 19.0 Å². The molecule has 138 valence electrons. The van der Waals surface area contributed by atoms with Gasteiger partial charge in [-0.1, -0.05) is 42.5 Å². The molecule has 0 bridgehead atoms. The summed E-state index contributed by atoms with van der Waals surface area (Å²) in [6.45, 7) is 2.90. The van der Waals surface area contributed by atoms with E-state index in [0.29, 0.717) is 36.0 Å². The van der Waals surface area contributed by atoms with Crippen LogP contribution in [0, 0.1) is 0 Å². The van der Waals surface area contributed by atoms with Crippen LogP contribution in [-0.4, -0.2) is 26.2 Å². The SMILES string of the molecule is COc1cc(C(=O)NC(C)c2cccc3ccccc23)cc2c1OCCO2. The number of methoxy groups -OCH3 is 1. The van der Waals surface area contributed by atoms with E-state index >= 15 is 0 Å². The lowest BCUT2D eigenvalue weighted by Crippen LogP contribution is -2.27. The molecule has 1 aliphatic heterocycles. The van der Waals surface area contributed by atoms with E-state index in [1.54, 1.807) is 19.2 Å². The molecule has 0 saturated heterocycles. The van der Waals surface area contributed by atoms with E-state index in [2.05, 4.69) is 23.5 Å². The minimum atomic E-state index is -0.189. The molecule has 1 amide bonds. The maximum atomic E-state index is 12.9. The number of rotatable bonds is 4. The number of nitrogens with one attached hydrogen (secondary N) is 1. The lowest BCUT2D eigenvalue weighted by molar-refractivity contribution is 0.0938. The monoisotopic (exact) mass is 363 g/mol. The highest BCUT2D eigenvalue weighted by molar-refractivity contribution is 5.96. The van der Waals surface area contributed by atoms with Gasteiger partial charge in [0.05, 0.1) is 13.2 Å². The Balaban J connectivity index is 1.62. The summed E-state index contributed by atoms with van der Waals surface area (Å²) in [6, 6.07) is 17.5. The number of ether oxygens (including phenoxy) is 3. The van der Waals surface area contributed by atoms with E-state index in [4.69, 9.17) is 14.2 Å². The summed E-state index contributed by atoms with van der Waals surface area (Å²) in [5, 5.41) is 5.35. The number of carbonyl (C=O) groups excluding carboxylic acids is 1. The minimum absolute atomic E-state index is 0.150. The van der Waals surface area contributed by atoms with Gasteiger partial charge in [-0.2, -0.15) is 0 Å². The first-order valence-electron chi connectivity index (χ1n) is 8.93. The molecular formula is C22H21NO4. The van der Waals surface area contributed by atoms with Crippen LogP contribution in [0.15, 0.2) is 54.6 Å². The van der Waals surface area contributed by atoms with Gasteiger partial charge in [0.1, 0.15) is 13.2 Å². The first kappa shape index (κ1) is 17.2. The van der Waals surface area contributed by atoms with Gasteiger partial charge in [-0.3, -0.25) is 4.79 Å². The fourth-order valence-electron chi connectivity index (χ4n) is 3.39. The number of amides is 1. The van der Waals surface area contributed by atoms with Crippen molar-refractivity contribution in [1.29, 1.82) is 0 Å². The Morgan fingerprint density at radius 1 is 1.07 bits per heavy atom. The molecule has 1 heterocycles. The largest absolute Gasteiger partial charge is 0.493 e. The molecule has 0 fully saturated rings. The first-order chi connectivity index (χ1) is 13.2. The Bertz CT molecular complexity index is 976. The van der Waals surface area contributed by atoms with Crippen LogP contribution in [0.3, 0.4) is 0 Å². The van der Waals surface area contributed by atoms with Crippen LogP contribution < -0.4 is 19.5 Å². The van der Waals surface area contributed by atoms with Crippen molar-refractivity contribution in [2.24, 2.45) is 0 Å². The molecule has 1 atom stereocenters. The van der Waals surface area contributed by atoms with Crippen molar-refractivity contribution in [2.75, 3.05) is 20.3 Å². The van der Waals surface area contributed by atoms with Crippen LogP contribution in [0.1, 0.15) is 28.9 Å². The van der Waals surface area contributed by atoms with Crippen LogP contribution in [0.5, 0.6) is 17.2 Å². The average Bonchev–Trinajstić information content (AvgIpc) is 2.72. The van der Waals surface area contributed by atoms with Gasteiger partial charge in [0.2, 0.25) is 5.75 Å². The van der Waals surface area contributed by atoms with Crippen LogP contribution in [0.2, 0.25) is 0 Å². The van der Waals surface area contributed by atoms with Crippen molar-refractivity contribution in [3.8, 4) is 17.2 Å². The smallest absolute Gasteiger partial charge is 0.252 e. The molecule has 3 aromatic carbocycles. The molecule has 0 aliphatic carbocycles. The van der Waals surface area contributed by atoms with Gasteiger partial charge in [0.25, 0.3) is 5.91 Å². The van der Waals surface area contributed by atoms with Gasteiger partial charge in [0.15, 0.2) is 11.5 Å². The van der Waals surface area contributed by atoms with Crippen LogP contribution in [0.4, 0.5) is 0 Å². The quantitative estimate of drug-likeness (QED) is 0.758. The molecule has 4 rings (SSSR count). The van der Waals surface area contributed by atoms with E-state index in [9.17, 15) is 4.79 Å². The summed E-state index contributed by atoms with van der Waals surface area (Å²) in [5.41, 5.74) is 1.55. The highest BCUT2D eigenvalue weighted by atomic mass is 16.6. The Morgan fingerprint density at radius 2 is 1.85 bits per heavy atom. The van der Waals surface area contributed by atoms with E-state index in [0.717, 1.165) is 16.3 Å². The van der Waals surface area contributed by atoms with Crippen LogP contribution >= 0.6 is 0 Å². The summed E-state index contributed by atoms with van der Waals surface area (Å²) >= 11 is 0. The maximum absolute atomic E-state index is 12.9. The second-order valence-corrected chi connectivity index (χ2v) is 6.47. The third-order valence-electron chi connectivity index (χ3n) is 4.73. The summed E-state index contributed by atoms with van der Waals surface area (Å²) < 4.78 is 16.6. The van der Waals surface area contributed by atoms with Crippen molar-refractivity contribution >= 4 is 16.7 Å². The molecule has 0 spiro atoms. The van der Waals surface area contributed by atoms with Crippen LogP contribution in [0.25, 0.3) is 10.8 Å². The number of benzene rings is 3. The van der Waals surface area contributed by atoms with Gasteiger partial charge < -0.3 is 19.5 Å². The third kappa shape index (κ3) is 3.28. The molecular weight excluding hydrogens is 342 g/mol. The maximum Gasteiger partial charge on any atom is 0.252 e. The molecule has 5 nitrogen and oxygen atoms in total. The van der Waals surface area contributed by atoms with Crippen molar-refractivity contribution in [2.45, 2.75) is 13.0 Å². The van der Waals surface area contributed by atoms with E-state index in [-0.39, 0.29) is 11.9 Å². The van der Waals surface area contributed by atoms with E-state index < -0.39 is 0 Å². The third-order valence-corrected chi connectivity index (χ3v) is 4.73. The minimum Gasteiger partial charge on any atom is -0.493 e. The number of hydrogen-bond acceptors (Lipinski definition) is 4.